The summed E-state index contributed by atoms with van der Waals surface area (Å²) in [5.41, 5.74) is 0.838. The highest BCUT2D eigenvalue weighted by atomic mass is 32.1. The summed E-state index contributed by atoms with van der Waals surface area (Å²) in [5, 5.41) is 11.5. The molecule has 0 N–H and O–H groups in total. The summed E-state index contributed by atoms with van der Waals surface area (Å²) in [6.07, 6.45) is 1.64. The lowest BCUT2D eigenvalue weighted by Crippen LogP contribution is -2.40. The van der Waals surface area contributed by atoms with Crippen LogP contribution in [0.4, 0.5) is 5.69 Å². The molecular weight excluding hydrogens is 526 g/mol. The van der Waals surface area contributed by atoms with Gasteiger partial charge in [-0.3, -0.25) is 24.3 Å². The third-order valence-corrected chi connectivity index (χ3v) is 6.72. The molecule has 1 aliphatic rings. The van der Waals surface area contributed by atoms with E-state index in [0.717, 1.165) is 11.3 Å². The molecule has 0 bridgehead atoms. The molecule has 11 nitrogen and oxygen atoms in total. The summed E-state index contributed by atoms with van der Waals surface area (Å²) in [4.78, 5) is 53.9. The lowest BCUT2D eigenvalue weighted by atomic mass is 9.95. The molecule has 2 heterocycles. The lowest BCUT2D eigenvalue weighted by molar-refractivity contribution is -0.384. The van der Waals surface area contributed by atoms with E-state index in [2.05, 4.69) is 4.99 Å². The normalized spacial score (nSPS) is 14.9. The molecule has 1 aromatic heterocycles. The van der Waals surface area contributed by atoms with Gasteiger partial charge in [-0.1, -0.05) is 29.5 Å². The number of aromatic nitrogens is 1. The molecule has 0 spiro atoms. The summed E-state index contributed by atoms with van der Waals surface area (Å²) in [6, 6.07) is 9.71. The molecule has 202 valence electrons. The van der Waals surface area contributed by atoms with Crippen molar-refractivity contribution in [2.75, 3.05) is 13.2 Å². The number of ether oxygens (including phenoxy) is 3. The Balaban J connectivity index is 1.91. The van der Waals surface area contributed by atoms with Crippen molar-refractivity contribution in [2.45, 2.75) is 33.7 Å². The van der Waals surface area contributed by atoms with Crippen LogP contribution in [0.15, 0.2) is 63.5 Å². The van der Waals surface area contributed by atoms with Gasteiger partial charge in [0.25, 0.3) is 11.2 Å². The average Bonchev–Trinajstić information content (AvgIpc) is 3.19. The van der Waals surface area contributed by atoms with Crippen LogP contribution < -0.4 is 24.4 Å². The highest BCUT2D eigenvalue weighted by Crippen LogP contribution is 2.32. The van der Waals surface area contributed by atoms with Gasteiger partial charge in [0.1, 0.15) is 0 Å². The van der Waals surface area contributed by atoms with E-state index in [0.29, 0.717) is 38.5 Å². The first kappa shape index (κ1) is 27.5. The first-order chi connectivity index (χ1) is 18.6. The first-order valence-electron chi connectivity index (χ1n) is 12.0. The van der Waals surface area contributed by atoms with Gasteiger partial charge >= 0.3 is 11.9 Å². The van der Waals surface area contributed by atoms with Crippen LogP contribution in [0.25, 0.3) is 6.08 Å². The van der Waals surface area contributed by atoms with Crippen molar-refractivity contribution in [3.63, 3.8) is 0 Å². The van der Waals surface area contributed by atoms with Crippen LogP contribution in [0, 0.1) is 10.1 Å². The van der Waals surface area contributed by atoms with Gasteiger partial charge < -0.3 is 14.2 Å². The summed E-state index contributed by atoms with van der Waals surface area (Å²) in [7, 11) is 0. The number of nitrogens with zero attached hydrogens (tertiary/aromatic N) is 3. The zero-order chi connectivity index (χ0) is 28.3. The van der Waals surface area contributed by atoms with Crippen molar-refractivity contribution in [1.29, 1.82) is 0 Å². The molecule has 0 aliphatic carbocycles. The maximum Gasteiger partial charge on any atom is 0.338 e. The number of carbonyl (C=O) groups is 2. The fourth-order valence-electron chi connectivity index (χ4n) is 4.19. The van der Waals surface area contributed by atoms with Crippen LogP contribution in [0.3, 0.4) is 0 Å². The standard InChI is InChI=1S/C27H25N3O8S/c1-5-36-21-12-17(10-11-20(21)38-16(4)31)13-22-25(32)29-24(18-8-7-9-19(14-18)30(34)35)23(26(33)37-6-2)15(3)28-27(29)39-22/h7-14,24H,5-6H2,1-4H3/b22-13-/t24-/m1/s1. The fourth-order valence-corrected chi connectivity index (χ4v) is 5.24. The van der Waals surface area contributed by atoms with E-state index in [1.807, 2.05) is 0 Å². The third-order valence-electron chi connectivity index (χ3n) is 5.73. The molecule has 0 unspecified atom stereocenters. The molecule has 0 amide bonds. The molecule has 0 saturated carbocycles. The SMILES string of the molecule is CCOC(=O)C1=C(C)N=c2s/c(=C\c3ccc(OC(C)=O)c(OCC)c3)c(=O)n2[C@@H]1c1cccc([N+](=O)[O-])c1. The number of hydrogen-bond donors (Lipinski definition) is 0. The number of rotatable bonds is 8. The lowest BCUT2D eigenvalue weighted by Gasteiger charge is -2.24. The average molecular weight is 552 g/mol. The summed E-state index contributed by atoms with van der Waals surface area (Å²) < 4.78 is 17.7. The van der Waals surface area contributed by atoms with Crippen LogP contribution in [0.5, 0.6) is 11.5 Å². The smallest absolute Gasteiger partial charge is 0.338 e. The molecule has 0 saturated heterocycles. The molecule has 1 atom stereocenters. The predicted molar refractivity (Wildman–Crippen MR) is 142 cm³/mol. The Morgan fingerprint density at radius 3 is 2.59 bits per heavy atom. The van der Waals surface area contributed by atoms with Gasteiger partial charge in [0.05, 0.1) is 40.0 Å². The first-order valence-corrected chi connectivity index (χ1v) is 12.9. The predicted octanol–water partition coefficient (Wildman–Crippen LogP) is 3.03. The highest BCUT2D eigenvalue weighted by molar-refractivity contribution is 7.07. The van der Waals surface area contributed by atoms with Crippen molar-refractivity contribution in [3.8, 4) is 11.5 Å². The minimum absolute atomic E-state index is 0.104. The number of hydrogen-bond acceptors (Lipinski definition) is 10. The Bertz CT molecular complexity index is 1690. The largest absolute Gasteiger partial charge is 0.490 e. The quantitative estimate of drug-likeness (QED) is 0.180. The number of esters is 2. The van der Waals surface area contributed by atoms with E-state index >= 15 is 0 Å². The van der Waals surface area contributed by atoms with Crippen molar-refractivity contribution in [1.82, 2.24) is 4.57 Å². The Morgan fingerprint density at radius 2 is 1.92 bits per heavy atom. The zero-order valence-electron chi connectivity index (χ0n) is 21.6. The topological polar surface area (TPSA) is 139 Å². The van der Waals surface area contributed by atoms with Crippen LogP contribution in [-0.2, 0) is 14.3 Å². The van der Waals surface area contributed by atoms with Gasteiger partial charge in [-0.25, -0.2) is 9.79 Å². The van der Waals surface area contributed by atoms with Crippen LogP contribution >= 0.6 is 11.3 Å². The molecule has 0 fully saturated rings. The van der Waals surface area contributed by atoms with E-state index in [1.165, 1.54) is 29.7 Å². The minimum atomic E-state index is -0.979. The number of fused-ring (bicyclic) bond motifs is 1. The maximum atomic E-state index is 13.7. The number of allylic oxidation sites excluding steroid dienone is 1. The summed E-state index contributed by atoms with van der Waals surface area (Å²) in [6.45, 7) is 6.81. The Morgan fingerprint density at radius 1 is 1.15 bits per heavy atom. The molecule has 4 rings (SSSR count). The van der Waals surface area contributed by atoms with Gasteiger partial charge in [0.2, 0.25) is 0 Å². The van der Waals surface area contributed by atoms with Crippen molar-refractivity contribution in [3.05, 3.63) is 94.7 Å². The zero-order valence-corrected chi connectivity index (χ0v) is 22.4. The number of thiazole rings is 1. The van der Waals surface area contributed by atoms with E-state index in [9.17, 15) is 24.5 Å². The second-order valence-corrected chi connectivity index (χ2v) is 9.40. The van der Waals surface area contributed by atoms with Crippen LogP contribution in [-0.4, -0.2) is 34.6 Å². The van der Waals surface area contributed by atoms with Gasteiger partial charge in [-0.2, -0.15) is 0 Å². The Kier molecular flexibility index (Phi) is 8.05. The molecular formula is C27H25N3O8S. The number of nitro benzene ring substituents is 1. The minimum Gasteiger partial charge on any atom is -0.490 e. The fraction of sp³-hybridized carbons (Fsp3) is 0.259. The van der Waals surface area contributed by atoms with E-state index in [1.54, 1.807) is 51.1 Å². The van der Waals surface area contributed by atoms with Crippen molar-refractivity contribution in [2.24, 2.45) is 4.99 Å². The second kappa shape index (κ2) is 11.4. The molecule has 2 aromatic carbocycles. The van der Waals surface area contributed by atoms with Gasteiger partial charge in [0.15, 0.2) is 16.3 Å². The van der Waals surface area contributed by atoms with E-state index in [-0.39, 0.29) is 23.6 Å². The molecule has 12 heteroatoms. The molecule has 0 radical (unpaired) electrons. The Labute approximate surface area is 226 Å². The molecule has 3 aromatic rings. The summed E-state index contributed by atoms with van der Waals surface area (Å²) in [5.74, 6) is -0.564. The van der Waals surface area contributed by atoms with Gasteiger partial charge in [-0.15, -0.1) is 0 Å². The molecule has 1 aliphatic heterocycles. The third kappa shape index (κ3) is 5.65. The van der Waals surface area contributed by atoms with Gasteiger partial charge in [0, 0.05) is 19.1 Å². The van der Waals surface area contributed by atoms with Crippen molar-refractivity contribution < 1.29 is 28.7 Å². The van der Waals surface area contributed by atoms with E-state index in [4.69, 9.17) is 14.2 Å². The number of non-ortho nitro benzene ring substituents is 1. The van der Waals surface area contributed by atoms with E-state index < -0.39 is 28.5 Å². The summed E-state index contributed by atoms with van der Waals surface area (Å²) >= 11 is 1.11. The number of carbonyl (C=O) groups excluding carboxylic acids is 2. The maximum absolute atomic E-state index is 13.7. The van der Waals surface area contributed by atoms with Crippen molar-refractivity contribution >= 4 is 35.0 Å². The number of nitro groups is 1. The molecule has 39 heavy (non-hydrogen) atoms. The monoisotopic (exact) mass is 551 g/mol. The number of benzene rings is 2. The van der Waals surface area contributed by atoms with Gasteiger partial charge in [-0.05, 0) is 50.1 Å². The van der Waals surface area contributed by atoms with Crippen LogP contribution in [0.1, 0.15) is 44.9 Å². The Hall–Kier alpha value is -4.58. The highest BCUT2D eigenvalue weighted by Gasteiger charge is 2.34. The second-order valence-electron chi connectivity index (χ2n) is 8.39. The van der Waals surface area contributed by atoms with Crippen LogP contribution in [0.2, 0.25) is 0 Å².